The van der Waals surface area contributed by atoms with Crippen LogP contribution in [0.2, 0.25) is 0 Å². The normalized spacial score (nSPS) is 16.8. The van der Waals surface area contributed by atoms with Crippen LogP contribution in [-0.2, 0) is 9.84 Å². The average Bonchev–Trinajstić information content (AvgIpc) is 2.83. The highest BCUT2D eigenvalue weighted by Crippen LogP contribution is 2.30. The van der Waals surface area contributed by atoms with E-state index in [0.29, 0.717) is 18.0 Å². The Balaban J connectivity index is 0.00000106. The molecule has 1 aromatic heterocycles. The van der Waals surface area contributed by atoms with E-state index in [1.165, 1.54) is 11.3 Å². The summed E-state index contributed by atoms with van der Waals surface area (Å²) in [6.07, 6.45) is 3.08. The fraction of sp³-hybridized carbons (Fsp3) is 0.667. The molecule has 1 aromatic rings. The molecule has 1 amide bonds. The van der Waals surface area contributed by atoms with E-state index >= 15 is 0 Å². The Bertz CT molecular complexity index is 576. The lowest BCUT2D eigenvalue weighted by Crippen LogP contribution is -2.33. The summed E-state index contributed by atoms with van der Waals surface area (Å²) in [7, 11) is -3.31. The molecule has 0 unspecified atom stereocenters. The zero-order chi connectivity index (χ0) is 16.0. The van der Waals surface area contributed by atoms with Crippen molar-refractivity contribution < 1.29 is 13.2 Å². The molecule has 0 atom stereocenters. The van der Waals surface area contributed by atoms with E-state index in [0.717, 1.165) is 24.1 Å². The van der Waals surface area contributed by atoms with Crippen molar-refractivity contribution in [2.45, 2.75) is 51.9 Å². The first-order chi connectivity index (χ1) is 9.95. The molecule has 0 radical (unpaired) electrons. The van der Waals surface area contributed by atoms with Gasteiger partial charge in [-0.15, -0.1) is 11.3 Å². The Labute approximate surface area is 132 Å². The zero-order valence-corrected chi connectivity index (χ0v) is 14.9. The van der Waals surface area contributed by atoms with Gasteiger partial charge in [0.2, 0.25) is 0 Å². The third-order valence-electron chi connectivity index (χ3n) is 3.30. The number of hydrogen-bond acceptors (Lipinski definition) is 4. The van der Waals surface area contributed by atoms with Crippen LogP contribution in [0.1, 0.15) is 54.6 Å². The molecule has 0 spiro atoms. The van der Waals surface area contributed by atoms with Crippen LogP contribution in [0, 0.1) is 6.92 Å². The summed E-state index contributed by atoms with van der Waals surface area (Å²) in [5, 5.41) is 0. The second kappa shape index (κ2) is 7.94. The predicted molar refractivity (Wildman–Crippen MR) is 87.9 cm³/mol. The summed E-state index contributed by atoms with van der Waals surface area (Å²) in [6.45, 7) is 8.91. The van der Waals surface area contributed by atoms with Gasteiger partial charge in [0.25, 0.3) is 5.91 Å². The first-order valence-corrected chi connectivity index (χ1v) is 10.0. The summed E-state index contributed by atoms with van der Waals surface area (Å²) < 4.78 is 24.3. The summed E-state index contributed by atoms with van der Waals surface area (Å²) in [4.78, 5) is 15.6. The number of carbonyl (C=O) groups is 1. The molecule has 0 aliphatic carbocycles. The number of nitrogens with zero attached hydrogens (tertiary/aromatic N) is 1. The number of carbonyl (C=O) groups excluding carboxylic acids is 1. The van der Waals surface area contributed by atoms with Gasteiger partial charge in [0.05, 0.1) is 10.6 Å². The zero-order valence-electron chi connectivity index (χ0n) is 13.3. The summed E-state index contributed by atoms with van der Waals surface area (Å²) in [5.74, 6) is -0.0844. The molecule has 0 N–H and O–H groups in total. The largest absolute Gasteiger partial charge is 0.337 e. The standard InChI is InChI=1S/C13H19NO3S2.C2H6/c1-3-4-5-6-14-7-8-19(16,17)11-9-10(2)18-12(11)13(14)15;1-2/h9H,3-8H2,1-2H3;1-2H3. The Hall–Kier alpha value is -0.880. The van der Waals surface area contributed by atoms with E-state index in [1.807, 2.05) is 20.8 Å². The maximum absolute atomic E-state index is 12.4. The van der Waals surface area contributed by atoms with Crippen molar-refractivity contribution in [3.63, 3.8) is 0 Å². The van der Waals surface area contributed by atoms with Crippen LogP contribution in [0.15, 0.2) is 11.0 Å². The molecule has 0 saturated carbocycles. The van der Waals surface area contributed by atoms with Crippen molar-refractivity contribution in [1.29, 1.82) is 0 Å². The number of fused-ring (bicyclic) bond motifs is 1. The van der Waals surface area contributed by atoms with Crippen molar-refractivity contribution in [2.75, 3.05) is 18.8 Å². The van der Waals surface area contributed by atoms with E-state index in [2.05, 4.69) is 6.92 Å². The van der Waals surface area contributed by atoms with E-state index in [9.17, 15) is 13.2 Å². The van der Waals surface area contributed by atoms with Gasteiger partial charge in [-0.1, -0.05) is 33.6 Å². The van der Waals surface area contributed by atoms with Crippen LogP contribution in [0.5, 0.6) is 0 Å². The number of thiophene rings is 1. The number of unbranched alkanes of at least 4 members (excludes halogenated alkanes) is 2. The Morgan fingerprint density at radius 2 is 1.95 bits per heavy atom. The molecular formula is C15H25NO3S2. The van der Waals surface area contributed by atoms with Crippen LogP contribution >= 0.6 is 11.3 Å². The second-order valence-electron chi connectivity index (χ2n) is 4.87. The van der Waals surface area contributed by atoms with Gasteiger partial charge in [-0.25, -0.2) is 8.42 Å². The molecule has 0 saturated heterocycles. The second-order valence-corrected chi connectivity index (χ2v) is 8.20. The van der Waals surface area contributed by atoms with Gasteiger partial charge in [-0.2, -0.15) is 0 Å². The molecule has 1 aliphatic heterocycles. The summed E-state index contributed by atoms with van der Waals surface area (Å²) in [5.41, 5.74) is 0. The Morgan fingerprint density at radius 1 is 1.29 bits per heavy atom. The molecule has 21 heavy (non-hydrogen) atoms. The van der Waals surface area contributed by atoms with Crippen molar-refractivity contribution >= 4 is 27.1 Å². The predicted octanol–water partition coefficient (Wildman–Crippen LogP) is 3.50. The van der Waals surface area contributed by atoms with Gasteiger partial charge in [0, 0.05) is 18.0 Å². The highest BCUT2D eigenvalue weighted by Gasteiger charge is 2.32. The van der Waals surface area contributed by atoms with Gasteiger partial charge >= 0.3 is 0 Å². The minimum atomic E-state index is -3.31. The van der Waals surface area contributed by atoms with E-state index in [1.54, 1.807) is 11.0 Å². The van der Waals surface area contributed by atoms with Crippen LogP contribution in [0.3, 0.4) is 0 Å². The Morgan fingerprint density at radius 3 is 2.57 bits per heavy atom. The number of aryl methyl sites for hydroxylation is 1. The third-order valence-corrected chi connectivity index (χ3v) is 6.18. The van der Waals surface area contributed by atoms with Gasteiger partial charge in [0.1, 0.15) is 4.88 Å². The fourth-order valence-corrected chi connectivity index (χ4v) is 5.08. The topological polar surface area (TPSA) is 54.5 Å². The lowest BCUT2D eigenvalue weighted by atomic mass is 10.2. The molecule has 120 valence electrons. The van der Waals surface area contributed by atoms with Crippen LogP contribution in [0.25, 0.3) is 0 Å². The van der Waals surface area contributed by atoms with Gasteiger partial charge in [0.15, 0.2) is 9.84 Å². The summed E-state index contributed by atoms with van der Waals surface area (Å²) >= 11 is 1.29. The molecule has 4 nitrogen and oxygen atoms in total. The number of sulfone groups is 1. The first-order valence-electron chi connectivity index (χ1n) is 7.58. The van der Waals surface area contributed by atoms with Gasteiger partial charge in [-0.05, 0) is 19.4 Å². The van der Waals surface area contributed by atoms with E-state index < -0.39 is 9.84 Å². The number of rotatable bonds is 4. The monoisotopic (exact) mass is 331 g/mol. The van der Waals surface area contributed by atoms with Crippen molar-refractivity contribution in [2.24, 2.45) is 0 Å². The lowest BCUT2D eigenvalue weighted by Gasteiger charge is -2.19. The van der Waals surface area contributed by atoms with E-state index in [4.69, 9.17) is 0 Å². The van der Waals surface area contributed by atoms with E-state index in [-0.39, 0.29) is 16.6 Å². The molecule has 0 fully saturated rings. The molecule has 0 aromatic carbocycles. The maximum atomic E-state index is 12.4. The lowest BCUT2D eigenvalue weighted by molar-refractivity contribution is 0.0767. The molecule has 6 heteroatoms. The van der Waals surface area contributed by atoms with Crippen LogP contribution < -0.4 is 0 Å². The molecule has 0 bridgehead atoms. The smallest absolute Gasteiger partial charge is 0.265 e. The van der Waals surface area contributed by atoms with Crippen LogP contribution in [-0.4, -0.2) is 38.1 Å². The molecule has 1 aliphatic rings. The van der Waals surface area contributed by atoms with Crippen molar-refractivity contribution in [3.8, 4) is 0 Å². The van der Waals surface area contributed by atoms with Gasteiger partial charge < -0.3 is 4.90 Å². The SMILES string of the molecule is CC.CCCCCN1CCS(=O)(=O)c2cc(C)sc2C1=O. The highest BCUT2D eigenvalue weighted by atomic mass is 32.2. The van der Waals surface area contributed by atoms with Crippen molar-refractivity contribution in [1.82, 2.24) is 4.90 Å². The maximum Gasteiger partial charge on any atom is 0.265 e. The minimum Gasteiger partial charge on any atom is -0.337 e. The fourth-order valence-electron chi connectivity index (χ4n) is 2.22. The molecule has 2 heterocycles. The molecular weight excluding hydrogens is 306 g/mol. The highest BCUT2D eigenvalue weighted by molar-refractivity contribution is 7.91. The Kier molecular flexibility index (Phi) is 6.87. The quantitative estimate of drug-likeness (QED) is 0.793. The number of amides is 1. The number of hydrogen-bond donors (Lipinski definition) is 0. The average molecular weight is 332 g/mol. The minimum absolute atomic E-state index is 0.0358. The summed E-state index contributed by atoms with van der Waals surface area (Å²) in [6, 6.07) is 1.63. The van der Waals surface area contributed by atoms with Crippen LogP contribution in [0.4, 0.5) is 0 Å². The molecule has 2 rings (SSSR count). The van der Waals surface area contributed by atoms with Crippen molar-refractivity contribution in [3.05, 3.63) is 15.8 Å². The van der Waals surface area contributed by atoms with Gasteiger partial charge in [-0.3, -0.25) is 4.79 Å². The first kappa shape index (κ1) is 18.2. The third kappa shape index (κ3) is 4.30.